The summed E-state index contributed by atoms with van der Waals surface area (Å²) in [6.45, 7) is 7.01. The zero-order valence-corrected chi connectivity index (χ0v) is 15.1. The van der Waals surface area contributed by atoms with Crippen molar-refractivity contribution in [1.82, 2.24) is 24.5 Å². The molecule has 1 fully saturated rings. The number of hydrogen-bond acceptors (Lipinski definition) is 5. The van der Waals surface area contributed by atoms with Gasteiger partial charge in [0.2, 0.25) is 0 Å². The number of piperazine rings is 1. The van der Waals surface area contributed by atoms with E-state index < -0.39 is 0 Å². The summed E-state index contributed by atoms with van der Waals surface area (Å²) >= 11 is 0. The van der Waals surface area contributed by atoms with Crippen molar-refractivity contribution in [2.75, 3.05) is 31.1 Å². The molecule has 3 aromatic rings. The van der Waals surface area contributed by atoms with Crippen LogP contribution >= 0.6 is 0 Å². The zero-order valence-electron chi connectivity index (χ0n) is 15.1. The molecule has 134 valence electrons. The molecule has 1 aromatic carbocycles. The molecule has 0 saturated carbocycles. The fourth-order valence-corrected chi connectivity index (χ4v) is 3.27. The van der Waals surface area contributed by atoms with Gasteiger partial charge in [0.15, 0.2) is 0 Å². The van der Waals surface area contributed by atoms with Gasteiger partial charge in [-0.05, 0) is 25.5 Å². The molecule has 2 aromatic heterocycles. The van der Waals surface area contributed by atoms with Crippen molar-refractivity contribution in [2.24, 2.45) is 0 Å². The Labute approximate surface area is 152 Å². The van der Waals surface area contributed by atoms with Crippen LogP contribution in [0.1, 0.15) is 28.5 Å². The van der Waals surface area contributed by atoms with E-state index in [-0.39, 0.29) is 5.91 Å². The van der Waals surface area contributed by atoms with Crippen molar-refractivity contribution in [2.45, 2.75) is 20.3 Å². The predicted molar refractivity (Wildman–Crippen MR) is 99.5 cm³/mol. The number of hydrogen-bond donors (Lipinski definition) is 0. The Kier molecular flexibility index (Phi) is 4.28. The summed E-state index contributed by atoms with van der Waals surface area (Å²) in [7, 11) is 0. The van der Waals surface area contributed by atoms with Gasteiger partial charge in [-0.1, -0.05) is 24.6 Å². The third kappa shape index (κ3) is 3.00. The lowest BCUT2D eigenvalue weighted by Gasteiger charge is -2.36. The van der Waals surface area contributed by atoms with E-state index in [2.05, 4.69) is 33.0 Å². The zero-order chi connectivity index (χ0) is 18.1. The van der Waals surface area contributed by atoms with Crippen LogP contribution in [0.15, 0.2) is 36.7 Å². The van der Waals surface area contributed by atoms with E-state index in [0.29, 0.717) is 18.9 Å². The van der Waals surface area contributed by atoms with Crippen LogP contribution in [-0.4, -0.2) is 56.6 Å². The van der Waals surface area contributed by atoms with Gasteiger partial charge in [-0.15, -0.1) is 0 Å². The average molecular weight is 350 g/mol. The maximum atomic E-state index is 12.7. The van der Waals surface area contributed by atoms with Crippen LogP contribution in [0, 0.1) is 6.92 Å². The molecule has 3 heterocycles. The van der Waals surface area contributed by atoms with Crippen molar-refractivity contribution in [3.8, 4) is 0 Å². The fourth-order valence-electron chi connectivity index (χ4n) is 3.27. The first-order valence-electron chi connectivity index (χ1n) is 8.96. The highest BCUT2D eigenvalue weighted by atomic mass is 16.2. The van der Waals surface area contributed by atoms with Gasteiger partial charge < -0.3 is 9.80 Å². The van der Waals surface area contributed by atoms with Crippen LogP contribution in [0.5, 0.6) is 0 Å². The summed E-state index contributed by atoms with van der Waals surface area (Å²) in [5, 5.41) is 4.30. The third-order valence-corrected chi connectivity index (χ3v) is 4.84. The van der Waals surface area contributed by atoms with Crippen LogP contribution in [0.3, 0.4) is 0 Å². The number of benzene rings is 1. The average Bonchev–Trinajstić information content (AvgIpc) is 3.16. The lowest BCUT2D eigenvalue weighted by molar-refractivity contribution is 0.0746. The standard InChI is InChI=1S/C19H22N6O/c1-3-16-12-17(25-19(22-16)20-13-21-25)23-8-10-24(11-9-23)18(26)15-6-4-14(2)5-7-15/h4-7,12-13H,3,8-11H2,1-2H3. The van der Waals surface area contributed by atoms with Gasteiger partial charge in [0.1, 0.15) is 12.1 Å². The normalized spacial score (nSPS) is 14.8. The van der Waals surface area contributed by atoms with Gasteiger partial charge in [0.25, 0.3) is 11.7 Å². The minimum atomic E-state index is 0.0968. The number of rotatable bonds is 3. The number of nitrogens with zero attached hydrogens (tertiary/aromatic N) is 6. The van der Waals surface area contributed by atoms with Crippen molar-refractivity contribution in [3.63, 3.8) is 0 Å². The second-order valence-corrected chi connectivity index (χ2v) is 6.58. The first kappa shape index (κ1) is 16.5. The Bertz CT molecular complexity index is 925. The van der Waals surface area contributed by atoms with Crippen LogP contribution in [0.4, 0.5) is 5.82 Å². The highest BCUT2D eigenvalue weighted by Crippen LogP contribution is 2.19. The highest BCUT2D eigenvalue weighted by molar-refractivity contribution is 5.94. The van der Waals surface area contributed by atoms with E-state index in [1.54, 1.807) is 4.52 Å². The molecular weight excluding hydrogens is 328 g/mol. The quantitative estimate of drug-likeness (QED) is 0.722. The SMILES string of the molecule is CCc1cc(N2CCN(C(=O)c3ccc(C)cc3)CC2)n2ncnc2n1. The lowest BCUT2D eigenvalue weighted by atomic mass is 10.1. The number of carbonyl (C=O) groups is 1. The molecule has 7 heteroatoms. The first-order chi connectivity index (χ1) is 12.7. The molecule has 26 heavy (non-hydrogen) atoms. The molecule has 1 aliphatic heterocycles. The number of carbonyl (C=O) groups excluding carboxylic acids is 1. The second-order valence-electron chi connectivity index (χ2n) is 6.58. The first-order valence-corrected chi connectivity index (χ1v) is 8.96. The molecule has 4 rings (SSSR count). The van der Waals surface area contributed by atoms with E-state index in [1.165, 1.54) is 6.33 Å². The van der Waals surface area contributed by atoms with E-state index in [1.807, 2.05) is 36.1 Å². The summed E-state index contributed by atoms with van der Waals surface area (Å²) < 4.78 is 1.77. The van der Waals surface area contributed by atoms with Crippen LogP contribution < -0.4 is 4.90 Å². The minimum absolute atomic E-state index is 0.0968. The van der Waals surface area contributed by atoms with Crippen LogP contribution in [0.25, 0.3) is 5.78 Å². The fraction of sp³-hybridized carbons (Fsp3) is 0.368. The van der Waals surface area contributed by atoms with Gasteiger partial charge >= 0.3 is 0 Å². The third-order valence-electron chi connectivity index (χ3n) is 4.84. The van der Waals surface area contributed by atoms with Crippen molar-refractivity contribution in [3.05, 3.63) is 53.5 Å². The van der Waals surface area contributed by atoms with Crippen molar-refractivity contribution >= 4 is 17.5 Å². The smallest absolute Gasteiger partial charge is 0.254 e. The van der Waals surface area contributed by atoms with Gasteiger partial charge in [0.05, 0.1) is 0 Å². The number of aromatic nitrogens is 4. The number of anilines is 1. The van der Waals surface area contributed by atoms with E-state index in [9.17, 15) is 4.79 Å². The maximum Gasteiger partial charge on any atom is 0.254 e. The van der Waals surface area contributed by atoms with Crippen molar-refractivity contribution < 1.29 is 4.79 Å². The summed E-state index contributed by atoms with van der Waals surface area (Å²) in [5.74, 6) is 1.71. The molecule has 0 radical (unpaired) electrons. The molecule has 0 aliphatic carbocycles. The Morgan fingerprint density at radius 1 is 1.12 bits per heavy atom. The monoisotopic (exact) mass is 350 g/mol. The molecule has 0 spiro atoms. The number of aryl methyl sites for hydroxylation is 2. The Morgan fingerprint density at radius 2 is 1.85 bits per heavy atom. The van der Waals surface area contributed by atoms with Gasteiger partial charge in [0, 0.05) is 43.5 Å². The minimum Gasteiger partial charge on any atom is -0.353 e. The molecule has 1 saturated heterocycles. The lowest BCUT2D eigenvalue weighted by Crippen LogP contribution is -2.49. The van der Waals surface area contributed by atoms with Gasteiger partial charge in [-0.3, -0.25) is 4.79 Å². The van der Waals surface area contributed by atoms with Crippen molar-refractivity contribution in [1.29, 1.82) is 0 Å². The highest BCUT2D eigenvalue weighted by Gasteiger charge is 2.24. The summed E-state index contributed by atoms with van der Waals surface area (Å²) in [4.78, 5) is 25.6. The Morgan fingerprint density at radius 3 is 2.54 bits per heavy atom. The molecule has 7 nitrogen and oxygen atoms in total. The molecule has 0 atom stereocenters. The predicted octanol–water partition coefficient (Wildman–Crippen LogP) is 1.96. The Balaban J connectivity index is 1.51. The molecular formula is C19H22N6O. The molecule has 0 N–H and O–H groups in total. The second kappa shape index (κ2) is 6.74. The van der Waals surface area contributed by atoms with Crippen LogP contribution in [-0.2, 0) is 6.42 Å². The molecule has 1 aliphatic rings. The molecule has 0 bridgehead atoms. The largest absolute Gasteiger partial charge is 0.353 e. The Hall–Kier alpha value is -2.96. The maximum absolute atomic E-state index is 12.7. The topological polar surface area (TPSA) is 66.6 Å². The summed E-state index contributed by atoms with van der Waals surface area (Å²) in [5.41, 5.74) is 2.91. The molecule has 1 amide bonds. The van der Waals surface area contributed by atoms with E-state index in [4.69, 9.17) is 0 Å². The van der Waals surface area contributed by atoms with Gasteiger partial charge in [-0.25, -0.2) is 4.98 Å². The number of amides is 1. The number of fused-ring (bicyclic) bond motifs is 1. The van der Waals surface area contributed by atoms with Gasteiger partial charge in [-0.2, -0.15) is 14.6 Å². The van der Waals surface area contributed by atoms with E-state index >= 15 is 0 Å². The summed E-state index contributed by atoms with van der Waals surface area (Å²) in [6.07, 6.45) is 2.38. The molecule has 0 unspecified atom stereocenters. The summed E-state index contributed by atoms with van der Waals surface area (Å²) in [6, 6.07) is 9.83. The van der Waals surface area contributed by atoms with Crippen LogP contribution in [0.2, 0.25) is 0 Å². The van der Waals surface area contributed by atoms with E-state index in [0.717, 1.165) is 42.1 Å².